The van der Waals surface area contributed by atoms with Gasteiger partial charge in [-0.05, 0) is 19.4 Å². The predicted octanol–water partition coefficient (Wildman–Crippen LogP) is 3.84. The topological polar surface area (TPSA) is 34.9 Å². The second-order valence-electron chi connectivity index (χ2n) is 4.47. The summed E-state index contributed by atoms with van der Waals surface area (Å²) >= 11 is 0. The van der Waals surface area contributed by atoms with Crippen molar-refractivity contribution >= 4 is 5.78 Å². The molecular formula is C14H24N2O. The molecule has 1 heterocycles. The first-order chi connectivity index (χ1) is 8.29. The molecule has 0 N–H and O–H groups in total. The van der Waals surface area contributed by atoms with Crippen molar-refractivity contribution in [2.45, 2.75) is 65.3 Å². The highest BCUT2D eigenvalue weighted by Gasteiger charge is 2.10. The average molecular weight is 236 g/mol. The van der Waals surface area contributed by atoms with Crippen molar-refractivity contribution in [1.29, 1.82) is 0 Å². The fourth-order valence-corrected chi connectivity index (χ4v) is 2.02. The van der Waals surface area contributed by atoms with Gasteiger partial charge in [-0.25, -0.2) is 0 Å². The Kier molecular flexibility index (Phi) is 6.60. The number of aromatic nitrogens is 2. The van der Waals surface area contributed by atoms with E-state index in [2.05, 4.69) is 12.0 Å². The highest BCUT2D eigenvalue weighted by molar-refractivity contribution is 5.94. The van der Waals surface area contributed by atoms with Crippen LogP contribution in [0, 0.1) is 0 Å². The van der Waals surface area contributed by atoms with Crippen LogP contribution >= 0.6 is 0 Å². The third-order valence-corrected chi connectivity index (χ3v) is 3.06. The molecule has 0 atom stereocenters. The van der Waals surface area contributed by atoms with Gasteiger partial charge in [0.25, 0.3) is 0 Å². The molecule has 0 spiro atoms. The Labute approximate surface area is 104 Å². The van der Waals surface area contributed by atoms with Gasteiger partial charge in [0.2, 0.25) is 0 Å². The van der Waals surface area contributed by atoms with Crippen molar-refractivity contribution in [2.75, 3.05) is 0 Å². The number of hydrogen-bond donors (Lipinski definition) is 0. The molecule has 3 heteroatoms. The summed E-state index contributed by atoms with van der Waals surface area (Å²) in [5.41, 5.74) is 0.765. The van der Waals surface area contributed by atoms with Crippen LogP contribution in [0.4, 0.5) is 0 Å². The lowest BCUT2D eigenvalue weighted by Gasteiger charge is -2.03. The standard InChI is InChI=1S/C14H24N2O/c1-3-5-6-7-8-9-10-14(17)13-11-12-15-16(13)4-2/h11-12H,3-10H2,1-2H3. The first-order valence-corrected chi connectivity index (χ1v) is 6.84. The highest BCUT2D eigenvalue weighted by Crippen LogP contribution is 2.10. The van der Waals surface area contributed by atoms with E-state index in [1.54, 1.807) is 10.9 Å². The van der Waals surface area contributed by atoms with Gasteiger partial charge in [-0.1, -0.05) is 39.0 Å². The molecule has 0 radical (unpaired) electrons. The van der Waals surface area contributed by atoms with E-state index in [1.807, 2.05) is 13.0 Å². The largest absolute Gasteiger partial charge is 0.292 e. The summed E-state index contributed by atoms with van der Waals surface area (Å²) in [6.45, 7) is 4.99. The zero-order valence-electron chi connectivity index (χ0n) is 11.1. The van der Waals surface area contributed by atoms with Crippen LogP contribution in [0.15, 0.2) is 12.3 Å². The van der Waals surface area contributed by atoms with E-state index < -0.39 is 0 Å². The van der Waals surface area contributed by atoms with Gasteiger partial charge < -0.3 is 0 Å². The number of carbonyl (C=O) groups excluding carboxylic acids is 1. The van der Waals surface area contributed by atoms with Crippen LogP contribution in [-0.2, 0) is 6.54 Å². The molecule has 0 aliphatic rings. The first-order valence-electron chi connectivity index (χ1n) is 6.84. The minimum atomic E-state index is 0.236. The molecule has 1 aromatic heterocycles. The monoisotopic (exact) mass is 236 g/mol. The Bertz CT molecular complexity index is 331. The van der Waals surface area contributed by atoms with Crippen LogP contribution < -0.4 is 0 Å². The quantitative estimate of drug-likeness (QED) is 0.482. The van der Waals surface area contributed by atoms with Crippen molar-refractivity contribution in [3.05, 3.63) is 18.0 Å². The van der Waals surface area contributed by atoms with Crippen LogP contribution in [0.25, 0.3) is 0 Å². The van der Waals surface area contributed by atoms with Gasteiger partial charge >= 0.3 is 0 Å². The van der Waals surface area contributed by atoms with Gasteiger partial charge in [-0.3, -0.25) is 9.48 Å². The van der Waals surface area contributed by atoms with E-state index in [-0.39, 0.29) is 5.78 Å². The molecule has 0 saturated carbocycles. The number of aryl methyl sites for hydroxylation is 1. The molecule has 0 fully saturated rings. The fraction of sp³-hybridized carbons (Fsp3) is 0.714. The van der Waals surface area contributed by atoms with Gasteiger partial charge in [-0.15, -0.1) is 0 Å². The first kappa shape index (κ1) is 13.9. The molecule has 0 aliphatic heterocycles. The van der Waals surface area contributed by atoms with Gasteiger partial charge in [0.1, 0.15) is 5.69 Å². The fourth-order valence-electron chi connectivity index (χ4n) is 2.02. The van der Waals surface area contributed by atoms with Crippen LogP contribution in [-0.4, -0.2) is 15.6 Å². The maximum Gasteiger partial charge on any atom is 0.180 e. The highest BCUT2D eigenvalue weighted by atomic mass is 16.1. The molecular weight excluding hydrogens is 212 g/mol. The molecule has 0 aromatic carbocycles. The maximum atomic E-state index is 11.9. The number of carbonyl (C=O) groups is 1. The molecule has 0 unspecified atom stereocenters. The summed E-state index contributed by atoms with van der Waals surface area (Å²) in [6.07, 6.45) is 9.70. The lowest BCUT2D eigenvalue weighted by Crippen LogP contribution is -2.09. The molecule has 0 aliphatic carbocycles. The number of rotatable bonds is 9. The molecule has 3 nitrogen and oxygen atoms in total. The van der Waals surface area contributed by atoms with Gasteiger partial charge in [0, 0.05) is 19.2 Å². The number of Topliss-reactive ketones (excluding diaryl/α,β-unsaturated/α-hetero) is 1. The van der Waals surface area contributed by atoms with Gasteiger partial charge in [0.15, 0.2) is 5.78 Å². The van der Waals surface area contributed by atoms with Crippen molar-refractivity contribution in [2.24, 2.45) is 0 Å². The summed E-state index contributed by atoms with van der Waals surface area (Å²) in [6, 6.07) is 1.82. The molecule has 1 rings (SSSR count). The van der Waals surface area contributed by atoms with Crippen molar-refractivity contribution < 1.29 is 4.79 Å². The number of ketones is 1. The minimum absolute atomic E-state index is 0.236. The lowest BCUT2D eigenvalue weighted by molar-refractivity contribution is 0.0968. The Morgan fingerprint density at radius 3 is 2.59 bits per heavy atom. The van der Waals surface area contributed by atoms with Crippen LogP contribution in [0.5, 0.6) is 0 Å². The molecule has 1 aromatic rings. The summed E-state index contributed by atoms with van der Waals surface area (Å²) in [7, 11) is 0. The smallest absolute Gasteiger partial charge is 0.180 e. The van der Waals surface area contributed by atoms with E-state index in [0.29, 0.717) is 6.42 Å². The number of nitrogens with zero attached hydrogens (tertiary/aromatic N) is 2. The van der Waals surface area contributed by atoms with Crippen LogP contribution in [0.3, 0.4) is 0 Å². The second kappa shape index (κ2) is 8.04. The molecule has 0 amide bonds. The van der Waals surface area contributed by atoms with E-state index in [0.717, 1.165) is 18.7 Å². The summed E-state index contributed by atoms with van der Waals surface area (Å²) < 4.78 is 1.78. The Balaban J connectivity index is 2.21. The van der Waals surface area contributed by atoms with Crippen molar-refractivity contribution in [3.8, 4) is 0 Å². The number of unbranched alkanes of at least 4 members (excludes halogenated alkanes) is 5. The average Bonchev–Trinajstić information content (AvgIpc) is 2.81. The van der Waals surface area contributed by atoms with E-state index in [1.165, 1.54) is 32.1 Å². The molecule has 0 saturated heterocycles. The lowest BCUT2D eigenvalue weighted by atomic mass is 10.1. The molecule has 96 valence electrons. The van der Waals surface area contributed by atoms with Crippen LogP contribution in [0.2, 0.25) is 0 Å². The SMILES string of the molecule is CCCCCCCCC(=O)c1ccnn1CC. The zero-order chi connectivity index (χ0) is 12.5. The Morgan fingerprint density at radius 1 is 1.18 bits per heavy atom. The minimum Gasteiger partial charge on any atom is -0.292 e. The maximum absolute atomic E-state index is 11.9. The third-order valence-electron chi connectivity index (χ3n) is 3.06. The number of hydrogen-bond acceptors (Lipinski definition) is 2. The summed E-state index contributed by atoms with van der Waals surface area (Å²) in [5.74, 6) is 0.236. The third kappa shape index (κ3) is 4.72. The Morgan fingerprint density at radius 2 is 1.88 bits per heavy atom. The predicted molar refractivity (Wildman–Crippen MR) is 70.2 cm³/mol. The molecule has 0 bridgehead atoms. The molecule has 17 heavy (non-hydrogen) atoms. The van der Waals surface area contributed by atoms with Gasteiger partial charge in [-0.2, -0.15) is 5.10 Å². The van der Waals surface area contributed by atoms with Crippen molar-refractivity contribution in [3.63, 3.8) is 0 Å². The van der Waals surface area contributed by atoms with E-state index >= 15 is 0 Å². The van der Waals surface area contributed by atoms with E-state index in [4.69, 9.17) is 0 Å². The zero-order valence-corrected chi connectivity index (χ0v) is 11.1. The summed E-state index contributed by atoms with van der Waals surface area (Å²) in [4.78, 5) is 11.9. The van der Waals surface area contributed by atoms with Crippen molar-refractivity contribution in [1.82, 2.24) is 9.78 Å². The summed E-state index contributed by atoms with van der Waals surface area (Å²) in [5, 5.41) is 4.12. The Hall–Kier alpha value is -1.12. The van der Waals surface area contributed by atoms with Crippen LogP contribution in [0.1, 0.15) is 69.3 Å². The van der Waals surface area contributed by atoms with Gasteiger partial charge in [0.05, 0.1) is 0 Å². The van der Waals surface area contributed by atoms with E-state index in [9.17, 15) is 4.79 Å². The second-order valence-corrected chi connectivity index (χ2v) is 4.47. The normalized spacial score (nSPS) is 10.7.